The molecule has 0 unspecified atom stereocenters. The van der Waals surface area contributed by atoms with E-state index in [-0.39, 0.29) is 17.7 Å². The number of hydrogen-bond acceptors (Lipinski definition) is 7. The molecule has 0 bridgehead atoms. The summed E-state index contributed by atoms with van der Waals surface area (Å²) in [4.78, 5) is 39.4. The summed E-state index contributed by atoms with van der Waals surface area (Å²) in [6.07, 6.45) is 0. The highest BCUT2D eigenvalue weighted by Gasteiger charge is 2.11. The minimum atomic E-state index is -0.382. The molecule has 0 aliphatic heterocycles. The second-order valence-corrected chi connectivity index (χ2v) is 6.69. The van der Waals surface area contributed by atoms with Gasteiger partial charge in [0.2, 0.25) is 5.91 Å². The van der Waals surface area contributed by atoms with Crippen LogP contribution in [-0.4, -0.2) is 22.7 Å². The average molecular weight is 410 g/mol. The molecule has 3 rings (SSSR count). The van der Waals surface area contributed by atoms with Crippen LogP contribution in [-0.2, 0) is 4.79 Å². The van der Waals surface area contributed by atoms with E-state index >= 15 is 0 Å². The number of nitrogens with zero attached hydrogens (tertiary/aromatic N) is 1. The van der Waals surface area contributed by atoms with Crippen molar-refractivity contribution in [3.63, 3.8) is 0 Å². The fourth-order valence-electron chi connectivity index (χ4n) is 2.36. The lowest BCUT2D eigenvalue weighted by atomic mass is 10.1. The zero-order chi connectivity index (χ0) is 20.8. The number of hydrazine groups is 1. The SMILES string of the molecule is CC(=O)Nc1ccc(C(=O)Nc2cc(NNC(=O)c3cscn3)ccc2N)cc1. The molecule has 29 heavy (non-hydrogen) atoms. The molecule has 0 atom stereocenters. The molecule has 10 heteroatoms. The minimum Gasteiger partial charge on any atom is -0.397 e. The molecule has 3 amide bonds. The molecule has 0 spiro atoms. The highest BCUT2D eigenvalue weighted by atomic mass is 32.1. The standard InChI is InChI=1S/C19H18N6O3S/c1-11(26)22-13-4-2-12(3-5-13)18(27)23-16-8-14(6-7-15(16)20)24-25-19(28)17-9-29-10-21-17/h2-10,24H,20H2,1H3,(H,22,26)(H,23,27)(H,25,28). The molecule has 3 aromatic rings. The van der Waals surface area contributed by atoms with Crippen molar-refractivity contribution >= 4 is 51.8 Å². The molecule has 0 fully saturated rings. The van der Waals surface area contributed by atoms with E-state index in [2.05, 4.69) is 26.5 Å². The van der Waals surface area contributed by atoms with Gasteiger partial charge in [0.05, 0.1) is 22.6 Å². The van der Waals surface area contributed by atoms with E-state index < -0.39 is 0 Å². The van der Waals surface area contributed by atoms with E-state index in [1.54, 1.807) is 53.4 Å². The fraction of sp³-hybridized carbons (Fsp3) is 0.0526. The third kappa shape index (κ3) is 5.30. The molecule has 2 aromatic carbocycles. The zero-order valence-corrected chi connectivity index (χ0v) is 16.2. The van der Waals surface area contributed by atoms with Gasteiger partial charge in [0.25, 0.3) is 11.8 Å². The van der Waals surface area contributed by atoms with Gasteiger partial charge in [-0.25, -0.2) is 4.98 Å². The largest absolute Gasteiger partial charge is 0.397 e. The number of benzene rings is 2. The molecule has 0 saturated carbocycles. The number of anilines is 4. The van der Waals surface area contributed by atoms with Gasteiger partial charge >= 0.3 is 0 Å². The van der Waals surface area contributed by atoms with Gasteiger partial charge in [-0.2, -0.15) is 0 Å². The minimum absolute atomic E-state index is 0.193. The van der Waals surface area contributed by atoms with Crippen molar-refractivity contribution in [2.75, 3.05) is 21.8 Å². The first-order valence-corrected chi connectivity index (χ1v) is 9.40. The van der Waals surface area contributed by atoms with Crippen LogP contribution in [0.1, 0.15) is 27.8 Å². The number of rotatable bonds is 6. The van der Waals surface area contributed by atoms with Gasteiger partial charge in [-0.15, -0.1) is 11.3 Å². The molecule has 0 aliphatic carbocycles. The monoisotopic (exact) mass is 410 g/mol. The number of thiazole rings is 1. The summed E-state index contributed by atoms with van der Waals surface area (Å²) in [7, 11) is 0. The Kier molecular flexibility index (Phi) is 6.05. The summed E-state index contributed by atoms with van der Waals surface area (Å²) < 4.78 is 0. The first-order chi connectivity index (χ1) is 13.9. The Morgan fingerprint density at radius 1 is 0.966 bits per heavy atom. The predicted molar refractivity (Wildman–Crippen MR) is 113 cm³/mol. The Bertz CT molecular complexity index is 1030. The van der Waals surface area contributed by atoms with Gasteiger partial charge in [0.15, 0.2) is 0 Å². The Morgan fingerprint density at radius 3 is 2.34 bits per heavy atom. The normalized spacial score (nSPS) is 10.1. The van der Waals surface area contributed by atoms with Crippen molar-refractivity contribution in [3.8, 4) is 0 Å². The first kappa shape index (κ1) is 19.8. The highest BCUT2D eigenvalue weighted by molar-refractivity contribution is 7.07. The quantitative estimate of drug-likeness (QED) is 0.313. The molecule has 0 radical (unpaired) electrons. The van der Waals surface area contributed by atoms with Crippen LogP contribution in [0.15, 0.2) is 53.4 Å². The Morgan fingerprint density at radius 2 is 1.69 bits per heavy atom. The molecule has 6 N–H and O–H groups in total. The molecule has 148 valence electrons. The number of nitrogens with one attached hydrogen (secondary N) is 4. The number of carbonyl (C=O) groups excluding carboxylic acids is 3. The highest BCUT2D eigenvalue weighted by Crippen LogP contribution is 2.23. The number of nitrogens with two attached hydrogens (primary N) is 1. The summed E-state index contributed by atoms with van der Waals surface area (Å²) in [6, 6.07) is 11.3. The molecule has 1 heterocycles. The maximum atomic E-state index is 12.5. The van der Waals surface area contributed by atoms with Crippen LogP contribution in [0.25, 0.3) is 0 Å². The van der Waals surface area contributed by atoms with Crippen molar-refractivity contribution in [1.29, 1.82) is 0 Å². The van der Waals surface area contributed by atoms with Gasteiger partial charge in [-0.1, -0.05) is 0 Å². The second-order valence-electron chi connectivity index (χ2n) is 5.97. The van der Waals surface area contributed by atoms with Crippen LogP contribution in [0.3, 0.4) is 0 Å². The smallest absolute Gasteiger partial charge is 0.289 e. The average Bonchev–Trinajstić information content (AvgIpc) is 3.23. The van der Waals surface area contributed by atoms with Crippen LogP contribution in [0.5, 0.6) is 0 Å². The van der Waals surface area contributed by atoms with Gasteiger partial charge in [0.1, 0.15) is 5.69 Å². The van der Waals surface area contributed by atoms with Crippen LogP contribution >= 0.6 is 11.3 Å². The van der Waals surface area contributed by atoms with E-state index in [1.165, 1.54) is 18.3 Å². The van der Waals surface area contributed by atoms with Gasteiger partial charge in [-0.05, 0) is 42.5 Å². The van der Waals surface area contributed by atoms with Crippen molar-refractivity contribution in [3.05, 3.63) is 64.6 Å². The predicted octanol–water partition coefficient (Wildman–Crippen LogP) is 2.69. The Labute approximate surface area is 170 Å². The maximum absolute atomic E-state index is 12.5. The second kappa shape index (κ2) is 8.85. The van der Waals surface area contributed by atoms with Crippen molar-refractivity contribution in [1.82, 2.24) is 10.4 Å². The number of amides is 3. The Hall–Kier alpha value is -3.92. The van der Waals surface area contributed by atoms with Crippen molar-refractivity contribution < 1.29 is 14.4 Å². The summed E-state index contributed by atoms with van der Waals surface area (Å²) in [5.41, 5.74) is 15.4. The summed E-state index contributed by atoms with van der Waals surface area (Å²) in [6.45, 7) is 1.41. The number of aromatic nitrogens is 1. The van der Waals surface area contributed by atoms with Crippen LogP contribution in [0.4, 0.5) is 22.7 Å². The third-order valence-corrected chi connectivity index (χ3v) is 4.34. The van der Waals surface area contributed by atoms with Crippen LogP contribution < -0.4 is 27.2 Å². The molecular weight excluding hydrogens is 392 g/mol. The molecule has 9 nitrogen and oxygen atoms in total. The molecular formula is C19H18N6O3S. The van der Waals surface area contributed by atoms with E-state index in [0.29, 0.717) is 34.0 Å². The topological polar surface area (TPSA) is 138 Å². The van der Waals surface area contributed by atoms with Gasteiger partial charge < -0.3 is 16.4 Å². The van der Waals surface area contributed by atoms with Crippen LogP contribution in [0, 0.1) is 0 Å². The number of hydrogen-bond donors (Lipinski definition) is 5. The molecule has 0 saturated heterocycles. The van der Waals surface area contributed by atoms with E-state index in [9.17, 15) is 14.4 Å². The molecule has 0 aliphatic rings. The van der Waals surface area contributed by atoms with Crippen LogP contribution in [0.2, 0.25) is 0 Å². The summed E-state index contributed by atoms with van der Waals surface area (Å²) >= 11 is 1.32. The van der Waals surface area contributed by atoms with E-state index in [4.69, 9.17) is 5.73 Å². The number of carbonyl (C=O) groups is 3. The summed E-state index contributed by atoms with van der Waals surface area (Å²) in [5.74, 6) is -0.941. The summed E-state index contributed by atoms with van der Waals surface area (Å²) in [5, 5.41) is 6.99. The van der Waals surface area contributed by atoms with E-state index in [1.807, 2.05) is 0 Å². The van der Waals surface area contributed by atoms with E-state index in [0.717, 1.165) is 0 Å². The zero-order valence-electron chi connectivity index (χ0n) is 15.4. The number of nitrogen functional groups attached to an aromatic ring is 1. The lowest BCUT2D eigenvalue weighted by molar-refractivity contribution is -0.114. The fourth-order valence-corrected chi connectivity index (χ4v) is 2.89. The van der Waals surface area contributed by atoms with Gasteiger partial charge in [0, 0.05) is 23.6 Å². The lowest BCUT2D eigenvalue weighted by Gasteiger charge is -2.12. The third-order valence-electron chi connectivity index (χ3n) is 3.75. The van der Waals surface area contributed by atoms with Crippen molar-refractivity contribution in [2.24, 2.45) is 0 Å². The Balaban J connectivity index is 1.65. The van der Waals surface area contributed by atoms with Crippen molar-refractivity contribution in [2.45, 2.75) is 6.92 Å². The van der Waals surface area contributed by atoms with Gasteiger partial charge in [-0.3, -0.25) is 25.2 Å². The molecule has 1 aromatic heterocycles. The lowest BCUT2D eigenvalue weighted by Crippen LogP contribution is -2.29. The first-order valence-electron chi connectivity index (χ1n) is 8.45. The maximum Gasteiger partial charge on any atom is 0.289 e.